The molecule has 2 rings (SSSR count). The molecule has 0 aliphatic rings. The SMILES string of the molecule is O=C(O)c1ccccc1/N=C/c1cc(F)c(F)c(F)c1. The minimum absolute atomic E-state index is 0.0124. The number of para-hydroxylation sites is 1. The summed E-state index contributed by atoms with van der Waals surface area (Å²) in [7, 11) is 0. The van der Waals surface area contributed by atoms with E-state index in [0.717, 1.165) is 18.3 Å². The summed E-state index contributed by atoms with van der Waals surface area (Å²) >= 11 is 0. The van der Waals surface area contributed by atoms with E-state index in [1.165, 1.54) is 18.2 Å². The number of nitrogens with zero attached hydrogens (tertiary/aromatic N) is 1. The molecule has 1 N–H and O–H groups in total. The van der Waals surface area contributed by atoms with Crippen molar-refractivity contribution in [2.75, 3.05) is 0 Å². The standard InChI is InChI=1S/C14H8F3NO2/c15-10-5-8(6-11(16)13(10)17)7-18-12-4-2-1-3-9(12)14(19)20/h1-7H,(H,19,20)/b18-7+. The molecular formula is C14H8F3NO2. The Kier molecular flexibility index (Phi) is 3.84. The van der Waals surface area contributed by atoms with Crippen LogP contribution in [-0.4, -0.2) is 17.3 Å². The third-order valence-electron chi connectivity index (χ3n) is 2.49. The second-order valence-corrected chi connectivity index (χ2v) is 3.88. The monoisotopic (exact) mass is 279 g/mol. The van der Waals surface area contributed by atoms with Crippen molar-refractivity contribution in [2.24, 2.45) is 4.99 Å². The normalized spacial score (nSPS) is 10.9. The van der Waals surface area contributed by atoms with Crippen molar-refractivity contribution >= 4 is 17.9 Å². The lowest BCUT2D eigenvalue weighted by molar-refractivity contribution is 0.0698. The van der Waals surface area contributed by atoms with Crippen molar-refractivity contribution in [3.05, 3.63) is 65.0 Å². The molecule has 0 unspecified atom stereocenters. The van der Waals surface area contributed by atoms with Crippen molar-refractivity contribution in [3.63, 3.8) is 0 Å². The second kappa shape index (κ2) is 5.56. The molecule has 20 heavy (non-hydrogen) atoms. The first-order chi connectivity index (χ1) is 9.49. The van der Waals surface area contributed by atoms with Crippen LogP contribution in [0.15, 0.2) is 41.4 Å². The van der Waals surface area contributed by atoms with Gasteiger partial charge in [-0.2, -0.15) is 0 Å². The zero-order valence-corrected chi connectivity index (χ0v) is 9.98. The van der Waals surface area contributed by atoms with Gasteiger partial charge in [-0.1, -0.05) is 12.1 Å². The zero-order valence-electron chi connectivity index (χ0n) is 9.98. The Bertz CT molecular complexity index is 676. The van der Waals surface area contributed by atoms with Gasteiger partial charge in [0.2, 0.25) is 0 Å². The molecule has 0 fully saturated rings. The molecule has 0 spiro atoms. The number of hydrogen-bond donors (Lipinski definition) is 1. The first-order valence-electron chi connectivity index (χ1n) is 5.50. The molecule has 0 saturated heterocycles. The van der Waals surface area contributed by atoms with Crippen LogP contribution in [-0.2, 0) is 0 Å². The van der Waals surface area contributed by atoms with E-state index in [1.807, 2.05) is 0 Å². The highest BCUT2D eigenvalue weighted by atomic mass is 19.2. The van der Waals surface area contributed by atoms with Crippen LogP contribution in [0.25, 0.3) is 0 Å². The number of aromatic carboxylic acids is 1. The summed E-state index contributed by atoms with van der Waals surface area (Å²) in [6, 6.07) is 7.43. The number of halogens is 3. The largest absolute Gasteiger partial charge is 0.478 e. The predicted molar refractivity (Wildman–Crippen MR) is 67.0 cm³/mol. The van der Waals surface area contributed by atoms with E-state index in [2.05, 4.69) is 4.99 Å². The Labute approximate surface area is 112 Å². The fourth-order valence-electron chi connectivity index (χ4n) is 1.56. The molecule has 2 aromatic rings. The lowest BCUT2D eigenvalue weighted by Crippen LogP contribution is -1.97. The van der Waals surface area contributed by atoms with E-state index in [9.17, 15) is 18.0 Å². The second-order valence-electron chi connectivity index (χ2n) is 3.88. The van der Waals surface area contributed by atoms with E-state index in [4.69, 9.17) is 5.11 Å². The average Bonchev–Trinajstić information content (AvgIpc) is 2.42. The van der Waals surface area contributed by atoms with Crippen molar-refractivity contribution in [1.82, 2.24) is 0 Å². The number of carboxylic acid groups (broad SMARTS) is 1. The third-order valence-corrected chi connectivity index (χ3v) is 2.49. The van der Waals surface area contributed by atoms with E-state index < -0.39 is 23.4 Å². The number of carboxylic acids is 1. The van der Waals surface area contributed by atoms with Gasteiger partial charge < -0.3 is 5.11 Å². The molecule has 0 amide bonds. The van der Waals surface area contributed by atoms with Gasteiger partial charge in [0, 0.05) is 6.21 Å². The first-order valence-corrected chi connectivity index (χ1v) is 5.50. The molecule has 3 nitrogen and oxygen atoms in total. The Balaban J connectivity index is 2.37. The molecule has 0 atom stereocenters. The van der Waals surface area contributed by atoms with E-state index in [-0.39, 0.29) is 16.8 Å². The van der Waals surface area contributed by atoms with E-state index in [1.54, 1.807) is 6.07 Å². The molecule has 0 saturated carbocycles. The van der Waals surface area contributed by atoms with Gasteiger partial charge in [0.25, 0.3) is 0 Å². The van der Waals surface area contributed by atoms with E-state index >= 15 is 0 Å². The van der Waals surface area contributed by atoms with Crippen LogP contribution in [0.1, 0.15) is 15.9 Å². The lowest BCUT2D eigenvalue weighted by Gasteiger charge is -2.00. The molecule has 0 aliphatic carbocycles. The van der Waals surface area contributed by atoms with Gasteiger partial charge in [-0.25, -0.2) is 18.0 Å². The van der Waals surface area contributed by atoms with Crippen LogP contribution >= 0.6 is 0 Å². The Morgan fingerprint density at radius 1 is 1.10 bits per heavy atom. The summed E-state index contributed by atoms with van der Waals surface area (Å²) in [6.45, 7) is 0. The van der Waals surface area contributed by atoms with Crippen LogP contribution in [0.2, 0.25) is 0 Å². The number of carbonyl (C=O) groups is 1. The van der Waals surface area contributed by atoms with Gasteiger partial charge in [-0.3, -0.25) is 4.99 Å². The Morgan fingerprint density at radius 3 is 2.30 bits per heavy atom. The van der Waals surface area contributed by atoms with Crippen molar-refractivity contribution in [3.8, 4) is 0 Å². The van der Waals surface area contributed by atoms with Gasteiger partial charge in [0.1, 0.15) is 0 Å². The maximum absolute atomic E-state index is 13.0. The third kappa shape index (κ3) is 2.85. The predicted octanol–water partition coefficient (Wildman–Crippen LogP) is 3.55. The van der Waals surface area contributed by atoms with Gasteiger partial charge in [0.15, 0.2) is 17.5 Å². The van der Waals surface area contributed by atoms with Gasteiger partial charge in [-0.05, 0) is 29.8 Å². The number of benzene rings is 2. The Hall–Kier alpha value is -2.63. The molecule has 102 valence electrons. The molecule has 0 bridgehead atoms. The molecule has 0 radical (unpaired) electrons. The lowest BCUT2D eigenvalue weighted by atomic mass is 10.2. The highest BCUT2D eigenvalue weighted by molar-refractivity contribution is 5.95. The fraction of sp³-hybridized carbons (Fsp3) is 0. The van der Waals surface area contributed by atoms with Crippen LogP contribution in [0.5, 0.6) is 0 Å². The fourth-order valence-corrected chi connectivity index (χ4v) is 1.56. The number of hydrogen-bond acceptors (Lipinski definition) is 2. The van der Waals surface area contributed by atoms with Gasteiger partial charge in [-0.15, -0.1) is 0 Å². The molecule has 0 aliphatic heterocycles. The van der Waals surface area contributed by atoms with Crippen LogP contribution in [0.3, 0.4) is 0 Å². The summed E-state index contributed by atoms with van der Waals surface area (Å²) in [5.41, 5.74) is 0.0681. The topological polar surface area (TPSA) is 49.7 Å². The minimum Gasteiger partial charge on any atom is -0.478 e. The van der Waals surface area contributed by atoms with Crippen molar-refractivity contribution < 1.29 is 23.1 Å². The maximum Gasteiger partial charge on any atom is 0.337 e. The van der Waals surface area contributed by atoms with Crippen LogP contribution < -0.4 is 0 Å². The quantitative estimate of drug-likeness (QED) is 0.690. The summed E-state index contributed by atoms with van der Waals surface area (Å²) in [5, 5.41) is 8.94. The number of aliphatic imine (C=N–C) groups is 1. The zero-order chi connectivity index (χ0) is 14.7. The van der Waals surface area contributed by atoms with Crippen molar-refractivity contribution in [1.29, 1.82) is 0 Å². The Morgan fingerprint density at radius 2 is 1.70 bits per heavy atom. The van der Waals surface area contributed by atoms with Gasteiger partial charge >= 0.3 is 5.97 Å². The maximum atomic E-state index is 13.0. The highest BCUT2D eigenvalue weighted by Gasteiger charge is 2.10. The van der Waals surface area contributed by atoms with Crippen molar-refractivity contribution in [2.45, 2.75) is 0 Å². The molecular weight excluding hydrogens is 271 g/mol. The average molecular weight is 279 g/mol. The minimum atomic E-state index is -1.56. The van der Waals surface area contributed by atoms with Crippen LogP contribution in [0, 0.1) is 17.5 Å². The summed E-state index contributed by atoms with van der Waals surface area (Å²) in [4.78, 5) is 14.8. The summed E-state index contributed by atoms with van der Waals surface area (Å²) < 4.78 is 38.8. The molecule has 0 aromatic heterocycles. The highest BCUT2D eigenvalue weighted by Crippen LogP contribution is 2.19. The molecule has 0 heterocycles. The van der Waals surface area contributed by atoms with Gasteiger partial charge in [0.05, 0.1) is 11.3 Å². The summed E-state index contributed by atoms with van der Waals surface area (Å²) in [5.74, 6) is -5.40. The van der Waals surface area contributed by atoms with E-state index in [0.29, 0.717) is 0 Å². The van der Waals surface area contributed by atoms with Crippen LogP contribution in [0.4, 0.5) is 18.9 Å². The smallest absolute Gasteiger partial charge is 0.337 e. The first kappa shape index (κ1) is 13.8. The molecule has 2 aromatic carbocycles. The number of rotatable bonds is 3. The summed E-state index contributed by atoms with van der Waals surface area (Å²) in [6.07, 6.45) is 1.06. The molecule has 6 heteroatoms.